The van der Waals surface area contributed by atoms with Gasteiger partial charge < -0.3 is 9.84 Å². The highest BCUT2D eigenvalue weighted by Gasteiger charge is 2.03. The molecule has 2 rings (SSSR count). The molecule has 88 valence electrons. The number of rotatable bonds is 3. The Balaban J connectivity index is 2.21. The molecule has 2 aromatic carbocycles. The van der Waals surface area contributed by atoms with Crippen LogP contribution in [0.5, 0.6) is 11.5 Å². The van der Waals surface area contributed by atoms with Gasteiger partial charge in [-0.15, -0.1) is 0 Å². The summed E-state index contributed by atoms with van der Waals surface area (Å²) in [4.78, 5) is 0. The largest absolute Gasteiger partial charge is 0.456 e. The minimum atomic E-state index is 0.0302. The average Bonchev–Trinajstić information content (AvgIpc) is 2.34. The highest BCUT2D eigenvalue weighted by molar-refractivity contribution is 14.1. The Morgan fingerprint density at radius 3 is 2.41 bits per heavy atom. The zero-order valence-electron chi connectivity index (χ0n) is 8.86. The predicted octanol–water partition coefficient (Wildman–Crippen LogP) is 4.34. The van der Waals surface area contributed by atoms with E-state index in [-0.39, 0.29) is 6.61 Å². The van der Waals surface area contributed by atoms with Crippen molar-refractivity contribution in [2.75, 3.05) is 0 Å². The Morgan fingerprint density at radius 1 is 1.12 bits per heavy atom. The van der Waals surface area contributed by atoms with Gasteiger partial charge in [-0.3, -0.25) is 0 Å². The lowest BCUT2D eigenvalue weighted by Crippen LogP contribution is -1.88. The lowest BCUT2D eigenvalue weighted by molar-refractivity contribution is 0.281. The van der Waals surface area contributed by atoms with Crippen LogP contribution >= 0.6 is 38.5 Å². The van der Waals surface area contributed by atoms with Crippen LogP contribution in [0.3, 0.4) is 0 Å². The van der Waals surface area contributed by atoms with Crippen molar-refractivity contribution in [2.45, 2.75) is 6.61 Å². The topological polar surface area (TPSA) is 29.5 Å². The van der Waals surface area contributed by atoms with Gasteiger partial charge >= 0.3 is 0 Å². The van der Waals surface area contributed by atoms with Crippen LogP contribution in [0.4, 0.5) is 0 Å². The molecule has 0 aliphatic rings. The first-order valence-electron chi connectivity index (χ1n) is 5.02. The van der Waals surface area contributed by atoms with Crippen molar-refractivity contribution < 1.29 is 9.84 Å². The molecule has 0 fully saturated rings. The van der Waals surface area contributed by atoms with E-state index in [1.807, 2.05) is 42.5 Å². The van der Waals surface area contributed by atoms with E-state index in [0.717, 1.165) is 21.5 Å². The van der Waals surface area contributed by atoms with Crippen molar-refractivity contribution in [3.8, 4) is 11.5 Å². The van der Waals surface area contributed by atoms with E-state index >= 15 is 0 Å². The molecule has 0 spiro atoms. The lowest BCUT2D eigenvalue weighted by Gasteiger charge is -2.08. The molecule has 0 radical (unpaired) electrons. The Labute approximate surface area is 122 Å². The van der Waals surface area contributed by atoms with Gasteiger partial charge in [0.05, 0.1) is 11.1 Å². The fourth-order valence-electron chi connectivity index (χ4n) is 1.36. The van der Waals surface area contributed by atoms with E-state index < -0.39 is 0 Å². The minimum Gasteiger partial charge on any atom is -0.456 e. The van der Waals surface area contributed by atoms with Gasteiger partial charge in [-0.1, -0.05) is 6.07 Å². The van der Waals surface area contributed by atoms with E-state index in [2.05, 4.69) is 38.5 Å². The number of aliphatic hydroxyl groups is 1. The van der Waals surface area contributed by atoms with E-state index in [0.29, 0.717) is 0 Å². The maximum absolute atomic E-state index is 9.01. The van der Waals surface area contributed by atoms with E-state index in [9.17, 15) is 0 Å². The molecular weight excluding hydrogens is 395 g/mol. The smallest absolute Gasteiger partial charge is 0.141 e. The summed E-state index contributed by atoms with van der Waals surface area (Å²) >= 11 is 5.67. The molecule has 0 aliphatic carbocycles. The summed E-state index contributed by atoms with van der Waals surface area (Å²) in [5.41, 5.74) is 0.854. The van der Waals surface area contributed by atoms with Crippen LogP contribution in [0.25, 0.3) is 0 Å². The quantitative estimate of drug-likeness (QED) is 0.771. The van der Waals surface area contributed by atoms with Gasteiger partial charge in [0, 0.05) is 3.57 Å². The Hall–Kier alpha value is -0.590. The molecule has 2 nitrogen and oxygen atoms in total. The van der Waals surface area contributed by atoms with Crippen molar-refractivity contribution in [2.24, 2.45) is 0 Å². The molecule has 0 aliphatic heterocycles. The molecular formula is C13H10BrIO2. The third-order valence-electron chi connectivity index (χ3n) is 2.22. The van der Waals surface area contributed by atoms with Crippen molar-refractivity contribution >= 4 is 38.5 Å². The fraction of sp³-hybridized carbons (Fsp3) is 0.0769. The second-order valence-corrected chi connectivity index (χ2v) is 5.58. The van der Waals surface area contributed by atoms with Crippen molar-refractivity contribution in [1.82, 2.24) is 0 Å². The molecule has 0 amide bonds. The van der Waals surface area contributed by atoms with Gasteiger partial charge in [0.2, 0.25) is 0 Å². The van der Waals surface area contributed by atoms with E-state index in [1.165, 1.54) is 3.57 Å². The Kier molecular flexibility index (Phi) is 4.42. The van der Waals surface area contributed by atoms with Gasteiger partial charge in [-0.2, -0.15) is 0 Å². The van der Waals surface area contributed by atoms with Crippen LogP contribution in [0.1, 0.15) is 5.56 Å². The highest BCUT2D eigenvalue weighted by Crippen LogP contribution is 2.30. The van der Waals surface area contributed by atoms with Crippen LogP contribution in [0.2, 0.25) is 0 Å². The van der Waals surface area contributed by atoms with Crippen LogP contribution in [-0.2, 0) is 6.61 Å². The van der Waals surface area contributed by atoms with Gasteiger partial charge in [-0.05, 0) is 80.5 Å². The normalized spacial score (nSPS) is 10.3. The van der Waals surface area contributed by atoms with Crippen molar-refractivity contribution in [1.29, 1.82) is 0 Å². The summed E-state index contributed by atoms with van der Waals surface area (Å²) in [7, 11) is 0. The summed E-state index contributed by atoms with van der Waals surface area (Å²) in [5, 5.41) is 9.01. The van der Waals surface area contributed by atoms with Crippen LogP contribution in [-0.4, -0.2) is 5.11 Å². The standard InChI is InChI=1S/C13H10BrIO2/c14-12-7-9(8-16)1-6-13(12)17-11-4-2-10(15)3-5-11/h1-7,16H,8H2. The van der Waals surface area contributed by atoms with Crippen molar-refractivity contribution in [3.05, 3.63) is 56.1 Å². The molecule has 0 atom stereocenters. The maximum atomic E-state index is 9.01. The summed E-state index contributed by atoms with van der Waals surface area (Å²) in [6, 6.07) is 13.4. The molecule has 0 saturated carbocycles. The third kappa shape index (κ3) is 3.43. The zero-order valence-corrected chi connectivity index (χ0v) is 12.6. The Bertz CT molecular complexity index is 511. The fourth-order valence-corrected chi connectivity index (χ4v) is 2.22. The summed E-state index contributed by atoms with van der Waals surface area (Å²) in [5.74, 6) is 1.53. The highest BCUT2D eigenvalue weighted by atomic mass is 127. The van der Waals surface area contributed by atoms with Gasteiger partial charge in [0.25, 0.3) is 0 Å². The molecule has 0 saturated heterocycles. The van der Waals surface area contributed by atoms with Gasteiger partial charge in [0.15, 0.2) is 0 Å². The predicted molar refractivity (Wildman–Crippen MR) is 79.3 cm³/mol. The molecule has 0 bridgehead atoms. The summed E-state index contributed by atoms with van der Waals surface area (Å²) in [6.45, 7) is 0.0302. The lowest BCUT2D eigenvalue weighted by atomic mass is 10.2. The van der Waals surface area contributed by atoms with Crippen molar-refractivity contribution in [3.63, 3.8) is 0 Å². The van der Waals surface area contributed by atoms with Crippen LogP contribution in [0.15, 0.2) is 46.9 Å². The zero-order chi connectivity index (χ0) is 12.3. The molecule has 1 N–H and O–H groups in total. The van der Waals surface area contributed by atoms with E-state index in [4.69, 9.17) is 9.84 Å². The molecule has 2 aromatic rings. The first-order chi connectivity index (χ1) is 8.19. The number of benzene rings is 2. The first kappa shape index (κ1) is 12.9. The van der Waals surface area contributed by atoms with Crippen LogP contribution in [0, 0.1) is 3.57 Å². The van der Waals surface area contributed by atoms with E-state index in [1.54, 1.807) is 0 Å². The minimum absolute atomic E-state index is 0.0302. The molecule has 0 heterocycles. The third-order valence-corrected chi connectivity index (χ3v) is 3.56. The number of hydrogen-bond acceptors (Lipinski definition) is 2. The SMILES string of the molecule is OCc1ccc(Oc2ccc(I)cc2)c(Br)c1. The second kappa shape index (κ2) is 5.84. The maximum Gasteiger partial charge on any atom is 0.141 e. The summed E-state index contributed by atoms with van der Waals surface area (Å²) in [6.07, 6.45) is 0. The number of hydrogen-bond donors (Lipinski definition) is 1. The summed E-state index contributed by atoms with van der Waals surface area (Å²) < 4.78 is 7.74. The molecule has 0 unspecified atom stereocenters. The molecule has 17 heavy (non-hydrogen) atoms. The van der Waals surface area contributed by atoms with Gasteiger partial charge in [-0.25, -0.2) is 0 Å². The number of ether oxygens (including phenoxy) is 1. The Morgan fingerprint density at radius 2 is 1.82 bits per heavy atom. The van der Waals surface area contributed by atoms with Crippen LogP contribution < -0.4 is 4.74 Å². The average molecular weight is 405 g/mol. The number of aliphatic hydroxyl groups excluding tert-OH is 1. The first-order valence-corrected chi connectivity index (χ1v) is 6.89. The van der Waals surface area contributed by atoms with Gasteiger partial charge in [0.1, 0.15) is 11.5 Å². The molecule has 0 aromatic heterocycles. The molecule has 4 heteroatoms. The number of halogens is 2. The monoisotopic (exact) mass is 404 g/mol. The second-order valence-electron chi connectivity index (χ2n) is 3.48.